The third kappa shape index (κ3) is 5.21. The number of rotatable bonds is 9. The zero-order valence-corrected chi connectivity index (χ0v) is 17.5. The van der Waals surface area contributed by atoms with E-state index in [1.807, 2.05) is 36.4 Å². The number of alkyl carbamates (subject to hydrolysis) is 1. The molecule has 0 radical (unpaired) electrons. The molecule has 2 aromatic carbocycles. The Balaban J connectivity index is 1.50. The summed E-state index contributed by atoms with van der Waals surface area (Å²) in [5, 5.41) is 14.0. The summed E-state index contributed by atoms with van der Waals surface area (Å²) in [5.74, 6) is -1.60. The lowest BCUT2D eigenvalue weighted by Crippen LogP contribution is -2.46. The quantitative estimate of drug-likeness (QED) is 0.568. The molecule has 31 heavy (non-hydrogen) atoms. The van der Waals surface area contributed by atoms with Crippen molar-refractivity contribution in [3.8, 4) is 11.1 Å². The summed E-state index contributed by atoms with van der Waals surface area (Å²) in [6, 6.07) is 15.2. The molecule has 2 aromatic rings. The molecule has 8 nitrogen and oxygen atoms in total. The lowest BCUT2D eigenvalue weighted by Gasteiger charge is -2.17. The van der Waals surface area contributed by atoms with Gasteiger partial charge in [0.1, 0.15) is 12.6 Å². The molecule has 1 unspecified atom stereocenters. The van der Waals surface area contributed by atoms with E-state index in [1.54, 1.807) is 0 Å². The maximum absolute atomic E-state index is 12.2. The topological polar surface area (TPSA) is 114 Å². The molecule has 1 aliphatic carbocycles. The lowest BCUT2D eigenvalue weighted by molar-refractivity contribution is -0.149. The molecule has 3 N–H and O–H groups in total. The molecule has 0 saturated heterocycles. The molecule has 8 heteroatoms. The van der Waals surface area contributed by atoms with Crippen LogP contribution in [0, 0.1) is 0 Å². The van der Waals surface area contributed by atoms with E-state index in [0.717, 1.165) is 22.3 Å². The van der Waals surface area contributed by atoms with Crippen molar-refractivity contribution >= 4 is 18.0 Å². The van der Waals surface area contributed by atoms with Gasteiger partial charge in [0.2, 0.25) is 5.91 Å². The van der Waals surface area contributed by atoms with Crippen LogP contribution in [0.1, 0.15) is 30.4 Å². The molecule has 0 aliphatic heterocycles. The monoisotopic (exact) mass is 426 g/mol. The number of fused-ring (bicyclic) bond motifs is 3. The first-order valence-corrected chi connectivity index (χ1v) is 10.1. The number of carbonyl (C=O) groups excluding carboxylic acids is 2. The van der Waals surface area contributed by atoms with Crippen LogP contribution in [0.3, 0.4) is 0 Å². The number of benzene rings is 2. The van der Waals surface area contributed by atoms with E-state index in [0.29, 0.717) is 0 Å². The van der Waals surface area contributed by atoms with Crippen LogP contribution >= 0.6 is 0 Å². The lowest BCUT2D eigenvalue weighted by atomic mass is 9.98. The number of carbonyl (C=O) groups is 3. The highest BCUT2D eigenvalue weighted by atomic mass is 16.5. The molecule has 1 aliphatic rings. The third-order valence-corrected chi connectivity index (χ3v) is 5.34. The molecular weight excluding hydrogens is 400 g/mol. The number of hydrogen-bond donors (Lipinski definition) is 3. The summed E-state index contributed by atoms with van der Waals surface area (Å²) in [5.41, 5.74) is 4.48. The highest BCUT2D eigenvalue weighted by molar-refractivity contribution is 5.85. The highest BCUT2D eigenvalue weighted by Gasteiger charge is 2.29. The molecule has 0 aromatic heterocycles. The molecule has 2 amide bonds. The SMILES string of the molecule is COC(CCNC(=O)[C@H](C)NC(=O)OCC1c2ccccc2-c2ccccc21)C(=O)O. The molecule has 0 spiro atoms. The molecule has 2 atom stereocenters. The minimum atomic E-state index is -1.10. The second-order valence-corrected chi connectivity index (χ2v) is 7.33. The normalized spacial score (nSPS) is 14.1. The van der Waals surface area contributed by atoms with E-state index in [9.17, 15) is 14.4 Å². The van der Waals surface area contributed by atoms with Gasteiger partial charge in [-0.15, -0.1) is 0 Å². The van der Waals surface area contributed by atoms with Gasteiger partial charge < -0.3 is 25.2 Å². The Labute approximate surface area is 180 Å². The second kappa shape index (κ2) is 10.1. The van der Waals surface area contributed by atoms with Crippen molar-refractivity contribution in [1.82, 2.24) is 10.6 Å². The van der Waals surface area contributed by atoms with Crippen molar-refractivity contribution < 1.29 is 29.0 Å². The van der Waals surface area contributed by atoms with Gasteiger partial charge in [0.25, 0.3) is 0 Å². The molecule has 0 bridgehead atoms. The largest absolute Gasteiger partial charge is 0.479 e. The maximum atomic E-state index is 12.2. The van der Waals surface area contributed by atoms with Crippen LogP contribution in [0.2, 0.25) is 0 Å². The van der Waals surface area contributed by atoms with Gasteiger partial charge in [-0.1, -0.05) is 48.5 Å². The summed E-state index contributed by atoms with van der Waals surface area (Å²) in [6.45, 7) is 1.80. The summed E-state index contributed by atoms with van der Waals surface area (Å²) in [6.07, 6.45) is -1.56. The van der Waals surface area contributed by atoms with Gasteiger partial charge in [-0.05, 0) is 29.2 Å². The van der Waals surface area contributed by atoms with Gasteiger partial charge >= 0.3 is 12.1 Å². The van der Waals surface area contributed by atoms with Crippen LogP contribution in [0.4, 0.5) is 4.79 Å². The predicted octanol–water partition coefficient (Wildman–Crippen LogP) is 2.52. The van der Waals surface area contributed by atoms with E-state index in [4.69, 9.17) is 14.6 Å². The Hall–Kier alpha value is -3.39. The van der Waals surface area contributed by atoms with Crippen LogP contribution in [-0.4, -0.2) is 55.5 Å². The zero-order valence-electron chi connectivity index (χ0n) is 17.5. The minimum Gasteiger partial charge on any atom is -0.479 e. The van der Waals surface area contributed by atoms with Gasteiger partial charge in [0.05, 0.1) is 0 Å². The number of hydrogen-bond acceptors (Lipinski definition) is 5. The van der Waals surface area contributed by atoms with Crippen LogP contribution < -0.4 is 10.6 Å². The van der Waals surface area contributed by atoms with Crippen molar-refractivity contribution in [2.45, 2.75) is 31.4 Å². The fourth-order valence-corrected chi connectivity index (χ4v) is 3.70. The van der Waals surface area contributed by atoms with E-state index >= 15 is 0 Å². The van der Waals surface area contributed by atoms with Crippen LogP contribution in [0.15, 0.2) is 48.5 Å². The second-order valence-electron chi connectivity index (χ2n) is 7.33. The number of carboxylic acid groups (broad SMARTS) is 1. The molecular formula is C23H26N2O6. The van der Waals surface area contributed by atoms with Gasteiger partial charge in [0.15, 0.2) is 6.10 Å². The van der Waals surface area contributed by atoms with Gasteiger partial charge in [0, 0.05) is 26.0 Å². The van der Waals surface area contributed by atoms with E-state index in [2.05, 4.69) is 22.8 Å². The fourth-order valence-electron chi connectivity index (χ4n) is 3.70. The molecule has 3 rings (SSSR count). The van der Waals surface area contributed by atoms with Crippen molar-refractivity contribution in [2.24, 2.45) is 0 Å². The first kappa shape index (κ1) is 22.3. The Bertz CT molecular complexity index is 915. The van der Waals surface area contributed by atoms with E-state index < -0.39 is 30.1 Å². The number of ether oxygens (including phenoxy) is 2. The van der Waals surface area contributed by atoms with E-state index in [1.165, 1.54) is 14.0 Å². The van der Waals surface area contributed by atoms with Crippen molar-refractivity contribution in [1.29, 1.82) is 0 Å². The smallest absolute Gasteiger partial charge is 0.407 e. The maximum Gasteiger partial charge on any atom is 0.407 e. The summed E-state index contributed by atoms with van der Waals surface area (Å²) in [7, 11) is 1.29. The Kier molecular flexibility index (Phi) is 7.25. The molecule has 0 saturated carbocycles. The zero-order chi connectivity index (χ0) is 22.4. The number of nitrogens with one attached hydrogen (secondary N) is 2. The average Bonchev–Trinajstić information content (AvgIpc) is 3.08. The number of methoxy groups -OCH3 is 1. The van der Waals surface area contributed by atoms with E-state index in [-0.39, 0.29) is 25.5 Å². The van der Waals surface area contributed by atoms with Crippen molar-refractivity contribution in [3.05, 3.63) is 59.7 Å². The Morgan fingerprint density at radius 3 is 2.16 bits per heavy atom. The minimum absolute atomic E-state index is 0.0655. The van der Waals surface area contributed by atoms with Gasteiger partial charge in [-0.3, -0.25) is 4.79 Å². The Morgan fingerprint density at radius 2 is 1.61 bits per heavy atom. The van der Waals surface area contributed by atoms with Crippen LogP contribution in [-0.2, 0) is 19.1 Å². The number of aliphatic carboxylic acids is 1. The van der Waals surface area contributed by atoms with Crippen molar-refractivity contribution in [2.75, 3.05) is 20.3 Å². The molecule has 164 valence electrons. The standard InChI is InChI=1S/C23H26N2O6/c1-14(21(26)24-12-11-20(30-2)22(27)28)25-23(29)31-13-19-17-9-5-3-7-15(17)16-8-4-6-10-18(16)19/h3-10,14,19-20H,11-13H2,1-2H3,(H,24,26)(H,25,29)(H,27,28)/t14-,20?/m0/s1. The predicted molar refractivity (Wildman–Crippen MR) is 114 cm³/mol. The summed E-state index contributed by atoms with van der Waals surface area (Å²) >= 11 is 0. The first-order valence-electron chi connectivity index (χ1n) is 10.1. The average molecular weight is 426 g/mol. The van der Waals surface area contributed by atoms with Crippen molar-refractivity contribution in [3.63, 3.8) is 0 Å². The molecule has 0 heterocycles. The number of carboxylic acids is 1. The first-order chi connectivity index (χ1) is 14.9. The summed E-state index contributed by atoms with van der Waals surface area (Å²) < 4.78 is 10.2. The van der Waals surface area contributed by atoms with Crippen LogP contribution in [0.5, 0.6) is 0 Å². The third-order valence-electron chi connectivity index (χ3n) is 5.34. The van der Waals surface area contributed by atoms with Crippen LogP contribution in [0.25, 0.3) is 11.1 Å². The van der Waals surface area contributed by atoms with Gasteiger partial charge in [-0.25, -0.2) is 9.59 Å². The fraction of sp³-hybridized carbons (Fsp3) is 0.348. The summed E-state index contributed by atoms with van der Waals surface area (Å²) in [4.78, 5) is 35.3. The highest BCUT2D eigenvalue weighted by Crippen LogP contribution is 2.44. The number of amides is 2. The Morgan fingerprint density at radius 1 is 1.03 bits per heavy atom. The van der Waals surface area contributed by atoms with Gasteiger partial charge in [-0.2, -0.15) is 0 Å². The molecule has 0 fully saturated rings.